The Balaban J connectivity index is 1.58. The van der Waals surface area contributed by atoms with Crippen LogP contribution in [0.15, 0.2) is 54.6 Å². The van der Waals surface area contributed by atoms with Crippen LogP contribution in [0.3, 0.4) is 0 Å². The summed E-state index contributed by atoms with van der Waals surface area (Å²) in [6, 6.07) is 17.8. The number of nitrogens with zero attached hydrogens (tertiary/aromatic N) is 1. The number of ether oxygens (including phenoxy) is 1. The van der Waals surface area contributed by atoms with Crippen molar-refractivity contribution in [1.82, 2.24) is 10.2 Å². The van der Waals surface area contributed by atoms with Gasteiger partial charge in [-0.25, -0.2) is 4.79 Å². The van der Waals surface area contributed by atoms with Crippen LogP contribution in [0.4, 0.5) is 10.5 Å². The van der Waals surface area contributed by atoms with Gasteiger partial charge in [-0.2, -0.15) is 0 Å². The number of hydrogen-bond donors (Lipinski definition) is 2. The molecule has 1 atom stereocenters. The lowest BCUT2D eigenvalue weighted by Gasteiger charge is -2.32. The Morgan fingerprint density at radius 1 is 1.11 bits per heavy atom. The summed E-state index contributed by atoms with van der Waals surface area (Å²) in [4.78, 5) is 26.3. The van der Waals surface area contributed by atoms with E-state index in [2.05, 4.69) is 15.5 Å². The molecule has 2 N–H and O–H groups in total. The van der Waals surface area contributed by atoms with Crippen molar-refractivity contribution in [2.24, 2.45) is 0 Å². The first kappa shape index (κ1) is 19.9. The topological polar surface area (TPSA) is 70.7 Å². The molecular weight excluding hydrogens is 354 g/mol. The lowest BCUT2D eigenvalue weighted by Crippen LogP contribution is -2.49. The largest absolute Gasteiger partial charge is 0.450 e. The molecule has 148 valence electrons. The molecule has 0 saturated carbocycles. The highest BCUT2D eigenvalue weighted by atomic mass is 16.5. The summed E-state index contributed by atoms with van der Waals surface area (Å²) in [5.41, 5.74) is 2.86. The van der Waals surface area contributed by atoms with Crippen molar-refractivity contribution in [3.05, 3.63) is 54.6 Å². The van der Waals surface area contributed by atoms with Gasteiger partial charge in [0.25, 0.3) is 0 Å². The first-order valence-electron chi connectivity index (χ1n) is 9.75. The minimum absolute atomic E-state index is 0.0113. The normalized spacial score (nSPS) is 17.0. The van der Waals surface area contributed by atoms with E-state index in [-0.39, 0.29) is 11.9 Å². The van der Waals surface area contributed by atoms with Gasteiger partial charge in [-0.3, -0.25) is 9.69 Å². The summed E-state index contributed by atoms with van der Waals surface area (Å²) >= 11 is 0. The maximum Gasteiger partial charge on any atom is 0.407 e. The van der Waals surface area contributed by atoms with E-state index in [0.717, 1.165) is 36.2 Å². The Hall–Kier alpha value is -2.86. The van der Waals surface area contributed by atoms with Crippen LogP contribution in [0.25, 0.3) is 11.1 Å². The van der Waals surface area contributed by atoms with E-state index in [0.29, 0.717) is 19.7 Å². The quantitative estimate of drug-likeness (QED) is 0.803. The summed E-state index contributed by atoms with van der Waals surface area (Å²) in [5.74, 6) is -0.0554. The van der Waals surface area contributed by atoms with E-state index in [9.17, 15) is 9.59 Å². The van der Waals surface area contributed by atoms with Crippen molar-refractivity contribution in [1.29, 1.82) is 0 Å². The van der Waals surface area contributed by atoms with Crippen LogP contribution >= 0.6 is 0 Å². The molecule has 0 aliphatic carbocycles. The molecule has 1 heterocycles. The number of amides is 2. The highest BCUT2D eigenvalue weighted by molar-refractivity contribution is 5.96. The number of rotatable bonds is 6. The molecule has 2 amide bonds. The van der Waals surface area contributed by atoms with E-state index in [4.69, 9.17) is 4.74 Å². The van der Waals surface area contributed by atoms with Crippen LogP contribution in [0.5, 0.6) is 0 Å². The fraction of sp³-hybridized carbons (Fsp3) is 0.364. The van der Waals surface area contributed by atoms with E-state index in [1.54, 1.807) is 6.92 Å². The van der Waals surface area contributed by atoms with E-state index < -0.39 is 6.09 Å². The van der Waals surface area contributed by atoms with Crippen molar-refractivity contribution in [3.63, 3.8) is 0 Å². The molecule has 0 radical (unpaired) electrons. The van der Waals surface area contributed by atoms with Crippen molar-refractivity contribution in [3.8, 4) is 11.1 Å². The summed E-state index contributed by atoms with van der Waals surface area (Å²) in [7, 11) is 0. The second-order valence-corrected chi connectivity index (χ2v) is 6.90. The standard InChI is InChI=1S/C22H27N3O3/c1-2-28-22(27)23-18-11-8-14-25(15-18)16-21(26)24-20-13-7-6-12-19(20)17-9-4-3-5-10-17/h3-7,9-10,12-13,18H,2,8,11,14-16H2,1H3,(H,23,27)(H,24,26). The monoisotopic (exact) mass is 381 g/mol. The van der Waals surface area contributed by atoms with Gasteiger partial charge < -0.3 is 15.4 Å². The van der Waals surface area contributed by atoms with Gasteiger partial charge in [-0.1, -0.05) is 48.5 Å². The molecule has 3 rings (SSSR count). The molecule has 2 aromatic carbocycles. The molecule has 1 saturated heterocycles. The Kier molecular flexibility index (Phi) is 7.03. The average molecular weight is 381 g/mol. The predicted octanol–water partition coefficient (Wildman–Crippen LogP) is 3.50. The fourth-order valence-electron chi connectivity index (χ4n) is 3.51. The molecule has 28 heavy (non-hydrogen) atoms. The molecule has 1 aliphatic heterocycles. The van der Waals surface area contributed by atoms with Crippen LogP contribution in [0, 0.1) is 0 Å². The number of alkyl carbamates (subject to hydrolysis) is 1. The molecule has 0 bridgehead atoms. The molecule has 2 aromatic rings. The number of carbonyl (C=O) groups excluding carboxylic acids is 2. The summed E-state index contributed by atoms with van der Waals surface area (Å²) < 4.78 is 4.95. The zero-order valence-electron chi connectivity index (χ0n) is 16.2. The lowest BCUT2D eigenvalue weighted by molar-refractivity contribution is -0.117. The van der Waals surface area contributed by atoms with Gasteiger partial charge in [0.15, 0.2) is 0 Å². The fourth-order valence-corrected chi connectivity index (χ4v) is 3.51. The third kappa shape index (κ3) is 5.57. The molecule has 1 unspecified atom stereocenters. The molecule has 6 heteroatoms. The number of carbonyl (C=O) groups is 2. The molecule has 1 aliphatic rings. The Bertz CT molecular complexity index is 795. The Morgan fingerprint density at radius 3 is 2.64 bits per heavy atom. The van der Waals surface area contributed by atoms with Gasteiger partial charge in [0.1, 0.15) is 0 Å². The molecule has 6 nitrogen and oxygen atoms in total. The Labute approximate surface area is 165 Å². The van der Waals surface area contributed by atoms with Gasteiger partial charge in [-0.05, 0) is 37.9 Å². The minimum atomic E-state index is -0.393. The summed E-state index contributed by atoms with van der Waals surface area (Å²) in [5, 5.41) is 5.91. The first-order valence-corrected chi connectivity index (χ1v) is 9.75. The van der Waals surface area contributed by atoms with E-state index in [1.807, 2.05) is 54.6 Å². The smallest absolute Gasteiger partial charge is 0.407 e. The lowest BCUT2D eigenvalue weighted by atomic mass is 10.0. The molecular formula is C22H27N3O3. The van der Waals surface area contributed by atoms with Crippen molar-refractivity contribution in [2.45, 2.75) is 25.8 Å². The number of likely N-dealkylation sites (tertiary alicyclic amines) is 1. The van der Waals surface area contributed by atoms with Crippen LogP contribution in [-0.4, -0.2) is 49.2 Å². The van der Waals surface area contributed by atoms with Crippen molar-refractivity contribution < 1.29 is 14.3 Å². The van der Waals surface area contributed by atoms with E-state index in [1.165, 1.54) is 0 Å². The number of hydrogen-bond acceptors (Lipinski definition) is 4. The van der Waals surface area contributed by atoms with Crippen molar-refractivity contribution in [2.75, 3.05) is 31.6 Å². The highest BCUT2D eigenvalue weighted by Gasteiger charge is 2.23. The second kappa shape index (κ2) is 9.90. The SMILES string of the molecule is CCOC(=O)NC1CCCN(CC(=O)Nc2ccccc2-c2ccccc2)C1. The van der Waals surface area contributed by atoms with Gasteiger partial charge in [0.2, 0.25) is 5.91 Å². The predicted molar refractivity (Wildman–Crippen MR) is 110 cm³/mol. The third-order valence-corrected chi connectivity index (χ3v) is 4.76. The van der Waals surface area contributed by atoms with Crippen LogP contribution < -0.4 is 10.6 Å². The maximum absolute atomic E-state index is 12.6. The maximum atomic E-state index is 12.6. The van der Waals surface area contributed by atoms with Gasteiger partial charge in [-0.15, -0.1) is 0 Å². The number of benzene rings is 2. The third-order valence-electron chi connectivity index (χ3n) is 4.76. The molecule has 0 spiro atoms. The van der Waals surface area contributed by atoms with Crippen LogP contribution in [0.2, 0.25) is 0 Å². The second-order valence-electron chi connectivity index (χ2n) is 6.90. The zero-order valence-corrected chi connectivity index (χ0v) is 16.2. The van der Waals surface area contributed by atoms with Gasteiger partial charge in [0, 0.05) is 23.8 Å². The van der Waals surface area contributed by atoms with Gasteiger partial charge >= 0.3 is 6.09 Å². The van der Waals surface area contributed by atoms with Crippen LogP contribution in [-0.2, 0) is 9.53 Å². The number of anilines is 1. The van der Waals surface area contributed by atoms with E-state index >= 15 is 0 Å². The first-order chi connectivity index (χ1) is 13.7. The summed E-state index contributed by atoms with van der Waals surface area (Å²) in [6.45, 7) is 3.92. The average Bonchev–Trinajstić information content (AvgIpc) is 2.69. The van der Waals surface area contributed by atoms with Crippen molar-refractivity contribution >= 4 is 17.7 Å². The highest BCUT2D eigenvalue weighted by Crippen LogP contribution is 2.27. The minimum Gasteiger partial charge on any atom is -0.450 e. The molecule has 1 fully saturated rings. The Morgan fingerprint density at radius 2 is 1.86 bits per heavy atom. The number of nitrogens with one attached hydrogen (secondary N) is 2. The summed E-state index contributed by atoms with van der Waals surface area (Å²) in [6.07, 6.45) is 1.44. The number of para-hydroxylation sites is 1. The van der Waals surface area contributed by atoms with Gasteiger partial charge in [0.05, 0.1) is 13.2 Å². The molecule has 0 aromatic heterocycles. The van der Waals surface area contributed by atoms with Crippen LogP contribution in [0.1, 0.15) is 19.8 Å². The number of piperidine rings is 1. The zero-order chi connectivity index (χ0) is 19.8.